The normalized spacial score (nSPS) is 15.4. The van der Waals surface area contributed by atoms with Crippen LogP contribution in [-0.2, 0) is 9.53 Å². The van der Waals surface area contributed by atoms with Gasteiger partial charge in [-0.25, -0.2) is 9.97 Å². The van der Waals surface area contributed by atoms with Crippen molar-refractivity contribution in [2.24, 2.45) is 0 Å². The first kappa shape index (κ1) is 14.1. The molecule has 0 unspecified atom stereocenters. The van der Waals surface area contributed by atoms with Gasteiger partial charge in [0.2, 0.25) is 0 Å². The highest BCUT2D eigenvalue weighted by Crippen LogP contribution is 2.22. The fourth-order valence-corrected chi connectivity index (χ4v) is 2.79. The number of esters is 1. The minimum Gasteiger partial charge on any atom is -0.468 e. The lowest BCUT2D eigenvalue weighted by atomic mass is 10.1. The summed E-state index contributed by atoms with van der Waals surface area (Å²) in [4.78, 5) is 22.3. The monoisotopic (exact) mass is 281 g/mol. The van der Waals surface area contributed by atoms with E-state index in [1.54, 1.807) is 0 Å². The Kier molecular flexibility index (Phi) is 5.01. The molecule has 0 spiro atoms. The lowest BCUT2D eigenvalue weighted by Gasteiger charge is -2.28. The topological polar surface area (TPSA) is 55.3 Å². The van der Waals surface area contributed by atoms with Crippen LogP contribution in [0, 0.1) is 6.92 Å². The van der Waals surface area contributed by atoms with Gasteiger partial charge in [-0.05, 0) is 26.2 Å². The van der Waals surface area contributed by atoms with E-state index in [0.717, 1.165) is 24.6 Å². The van der Waals surface area contributed by atoms with Crippen molar-refractivity contribution in [3.05, 3.63) is 11.8 Å². The van der Waals surface area contributed by atoms with Crippen molar-refractivity contribution < 1.29 is 9.53 Å². The minimum atomic E-state index is -0.255. The van der Waals surface area contributed by atoms with E-state index < -0.39 is 0 Å². The van der Waals surface area contributed by atoms with Gasteiger partial charge in [0.15, 0.2) is 5.16 Å². The molecular weight excluding hydrogens is 262 g/mol. The number of anilines is 1. The number of thioether (sulfide) groups is 1. The third-order valence-electron chi connectivity index (χ3n) is 3.05. The average Bonchev–Trinajstić information content (AvgIpc) is 2.45. The van der Waals surface area contributed by atoms with E-state index in [4.69, 9.17) is 0 Å². The third-order valence-corrected chi connectivity index (χ3v) is 3.87. The van der Waals surface area contributed by atoms with E-state index in [-0.39, 0.29) is 11.7 Å². The molecule has 0 aromatic carbocycles. The van der Waals surface area contributed by atoms with Crippen LogP contribution in [0.2, 0.25) is 0 Å². The summed E-state index contributed by atoms with van der Waals surface area (Å²) in [6.07, 6.45) is 3.73. The molecule has 6 heteroatoms. The van der Waals surface area contributed by atoms with Crippen molar-refractivity contribution in [1.29, 1.82) is 0 Å². The van der Waals surface area contributed by atoms with Crippen LogP contribution >= 0.6 is 11.8 Å². The maximum absolute atomic E-state index is 11.1. The van der Waals surface area contributed by atoms with Crippen molar-refractivity contribution in [2.75, 3.05) is 30.9 Å². The molecule has 0 bridgehead atoms. The first-order valence-corrected chi connectivity index (χ1v) is 7.48. The Morgan fingerprint density at radius 2 is 2.11 bits per heavy atom. The zero-order valence-corrected chi connectivity index (χ0v) is 12.2. The standard InChI is InChI=1S/C13H19N3O2S/c1-10-8-11(16-6-4-3-5-7-16)15-13(14-10)19-9-12(17)18-2/h8H,3-7,9H2,1-2H3. The Hall–Kier alpha value is -1.30. The first-order valence-electron chi connectivity index (χ1n) is 6.49. The summed E-state index contributed by atoms with van der Waals surface area (Å²) >= 11 is 1.32. The van der Waals surface area contributed by atoms with Crippen molar-refractivity contribution in [3.63, 3.8) is 0 Å². The highest BCUT2D eigenvalue weighted by atomic mass is 32.2. The predicted molar refractivity (Wildman–Crippen MR) is 75.6 cm³/mol. The molecule has 0 radical (unpaired) electrons. The van der Waals surface area contributed by atoms with Crippen molar-refractivity contribution >= 4 is 23.5 Å². The van der Waals surface area contributed by atoms with Gasteiger partial charge >= 0.3 is 5.97 Å². The maximum Gasteiger partial charge on any atom is 0.316 e. The Morgan fingerprint density at radius 1 is 1.37 bits per heavy atom. The average molecular weight is 281 g/mol. The van der Waals surface area contributed by atoms with Crippen molar-refractivity contribution in [1.82, 2.24) is 9.97 Å². The SMILES string of the molecule is COC(=O)CSc1nc(C)cc(N2CCCCC2)n1. The molecule has 1 aliphatic rings. The number of hydrogen-bond acceptors (Lipinski definition) is 6. The molecule has 2 rings (SSSR count). The second-order valence-electron chi connectivity index (χ2n) is 4.56. The molecule has 1 saturated heterocycles. The van der Waals surface area contributed by atoms with Crippen LogP contribution < -0.4 is 4.90 Å². The van der Waals surface area contributed by atoms with Gasteiger partial charge in [0.05, 0.1) is 12.9 Å². The predicted octanol–water partition coefficient (Wildman–Crippen LogP) is 2.04. The Morgan fingerprint density at radius 3 is 2.79 bits per heavy atom. The molecule has 5 nitrogen and oxygen atoms in total. The van der Waals surface area contributed by atoms with Gasteiger partial charge in [0.25, 0.3) is 0 Å². The van der Waals surface area contributed by atoms with E-state index in [0.29, 0.717) is 5.16 Å². The summed E-state index contributed by atoms with van der Waals surface area (Å²) in [5.41, 5.74) is 0.933. The van der Waals surface area contributed by atoms with Gasteiger partial charge in [-0.3, -0.25) is 4.79 Å². The summed E-state index contributed by atoms with van der Waals surface area (Å²) < 4.78 is 4.62. The number of carbonyl (C=O) groups excluding carboxylic acids is 1. The van der Waals surface area contributed by atoms with E-state index in [9.17, 15) is 4.79 Å². The highest BCUT2D eigenvalue weighted by Gasteiger charge is 2.14. The second-order valence-corrected chi connectivity index (χ2v) is 5.51. The third kappa shape index (κ3) is 4.09. The molecular formula is C13H19N3O2S. The van der Waals surface area contributed by atoms with Crippen LogP contribution in [0.25, 0.3) is 0 Å². The number of piperidine rings is 1. The summed E-state index contributed by atoms with van der Waals surface area (Å²) in [5.74, 6) is 0.966. The quantitative estimate of drug-likeness (QED) is 0.478. The molecule has 2 heterocycles. The second kappa shape index (κ2) is 6.75. The number of rotatable bonds is 4. The molecule has 1 aromatic heterocycles. The largest absolute Gasteiger partial charge is 0.468 e. The van der Waals surface area contributed by atoms with E-state index in [2.05, 4.69) is 19.6 Å². The van der Waals surface area contributed by atoms with Crippen LogP contribution in [0.4, 0.5) is 5.82 Å². The summed E-state index contributed by atoms with van der Waals surface area (Å²) in [7, 11) is 1.39. The molecule has 0 saturated carbocycles. The lowest BCUT2D eigenvalue weighted by molar-refractivity contribution is -0.137. The molecule has 0 aliphatic carbocycles. The molecule has 0 N–H and O–H groups in total. The highest BCUT2D eigenvalue weighted by molar-refractivity contribution is 7.99. The van der Waals surface area contributed by atoms with Crippen molar-refractivity contribution in [2.45, 2.75) is 31.3 Å². The van der Waals surface area contributed by atoms with Crippen LogP contribution in [0.1, 0.15) is 25.0 Å². The Labute approximate surface area is 117 Å². The molecule has 0 atom stereocenters. The van der Waals surface area contributed by atoms with Crippen LogP contribution in [-0.4, -0.2) is 41.9 Å². The smallest absolute Gasteiger partial charge is 0.316 e. The molecule has 1 aliphatic heterocycles. The van der Waals surface area contributed by atoms with E-state index in [1.807, 2.05) is 13.0 Å². The zero-order chi connectivity index (χ0) is 13.7. The number of methoxy groups -OCH3 is 1. The van der Waals surface area contributed by atoms with E-state index >= 15 is 0 Å². The van der Waals surface area contributed by atoms with Gasteiger partial charge in [0, 0.05) is 24.8 Å². The van der Waals surface area contributed by atoms with Crippen LogP contribution in [0.15, 0.2) is 11.2 Å². The summed E-state index contributed by atoms with van der Waals surface area (Å²) in [5, 5.41) is 0.644. The number of carbonyl (C=O) groups is 1. The number of nitrogens with zero attached hydrogens (tertiary/aromatic N) is 3. The number of ether oxygens (including phenoxy) is 1. The van der Waals surface area contributed by atoms with Crippen molar-refractivity contribution in [3.8, 4) is 0 Å². The number of aryl methyl sites for hydroxylation is 1. The van der Waals surface area contributed by atoms with Gasteiger partial charge in [-0.15, -0.1) is 0 Å². The lowest BCUT2D eigenvalue weighted by Crippen LogP contribution is -2.30. The molecule has 0 amide bonds. The fraction of sp³-hybridized carbons (Fsp3) is 0.615. The Bertz CT molecular complexity index is 448. The molecule has 19 heavy (non-hydrogen) atoms. The van der Waals surface area contributed by atoms with Crippen LogP contribution in [0.5, 0.6) is 0 Å². The fourth-order valence-electron chi connectivity index (χ4n) is 2.06. The van der Waals surface area contributed by atoms with E-state index in [1.165, 1.54) is 38.1 Å². The summed E-state index contributed by atoms with van der Waals surface area (Å²) in [6, 6.07) is 2.01. The Balaban J connectivity index is 2.07. The number of hydrogen-bond donors (Lipinski definition) is 0. The molecule has 1 aromatic rings. The number of aromatic nitrogens is 2. The molecule has 1 fully saturated rings. The first-order chi connectivity index (χ1) is 9.19. The molecule has 104 valence electrons. The minimum absolute atomic E-state index is 0.249. The summed E-state index contributed by atoms with van der Waals surface area (Å²) in [6.45, 7) is 4.06. The van der Waals surface area contributed by atoms with Gasteiger partial charge in [0.1, 0.15) is 5.82 Å². The zero-order valence-electron chi connectivity index (χ0n) is 11.4. The van der Waals surface area contributed by atoms with Gasteiger partial charge < -0.3 is 9.64 Å². The maximum atomic E-state index is 11.1. The van der Waals surface area contributed by atoms with Crippen LogP contribution in [0.3, 0.4) is 0 Å². The van der Waals surface area contributed by atoms with Gasteiger partial charge in [-0.2, -0.15) is 0 Å². The van der Waals surface area contributed by atoms with Gasteiger partial charge in [-0.1, -0.05) is 11.8 Å².